The Morgan fingerprint density at radius 1 is 1.35 bits per heavy atom. The van der Waals surface area contributed by atoms with E-state index in [4.69, 9.17) is 34.8 Å². The van der Waals surface area contributed by atoms with Crippen molar-refractivity contribution in [2.45, 2.75) is 9.83 Å². The average Bonchev–Trinajstić information content (AvgIpc) is 2.25. The van der Waals surface area contributed by atoms with Gasteiger partial charge in [0.25, 0.3) is 0 Å². The molecule has 17 heavy (non-hydrogen) atoms. The second kappa shape index (κ2) is 5.76. The lowest BCUT2D eigenvalue weighted by atomic mass is 10.1. The summed E-state index contributed by atoms with van der Waals surface area (Å²) in [4.78, 5) is 11.1. The maximum Gasteiger partial charge on any atom is 0.407 e. The molecule has 1 amide bonds. The van der Waals surface area contributed by atoms with Crippen molar-refractivity contribution in [2.24, 2.45) is 0 Å². The number of carbonyl (C=O) groups is 1. The molecule has 7 heteroatoms. The number of amides is 1. The normalized spacial score (nSPS) is 13.0. The monoisotopic (exact) mass is 299 g/mol. The molecule has 3 nitrogen and oxygen atoms in total. The Labute approximate surface area is 113 Å². The van der Waals surface area contributed by atoms with Crippen LogP contribution in [0.5, 0.6) is 0 Å². The van der Waals surface area contributed by atoms with Gasteiger partial charge in [-0.1, -0.05) is 46.9 Å². The van der Waals surface area contributed by atoms with E-state index < -0.39 is 21.7 Å². The lowest BCUT2D eigenvalue weighted by Gasteiger charge is -2.25. The molecule has 0 unspecified atom stereocenters. The second-order valence-corrected chi connectivity index (χ2v) is 5.53. The fourth-order valence-corrected chi connectivity index (χ4v) is 1.73. The summed E-state index contributed by atoms with van der Waals surface area (Å²) >= 11 is 17.2. The van der Waals surface area contributed by atoms with Crippen LogP contribution in [0.25, 0.3) is 0 Å². The Hall–Kier alpha value is -0.710. The first-order valence-corrected chi connectivity index (χ1v) is 5.64. The summed E-state index contributed by atoms with van der Waals surface area (Å²) in [5, 5.41) is 2.36. The van der Waals surface area contributed by atoms with Gasteiger partial charge in [-0.3, -0.25) is 0 Å². The average molecular weight is 301 g/mol. The topological polar surface area (TPSA) is 38.3 Å². The van der Waals surface area contributed by atoms with Gasteiger partial charge in [0.15, 0.2) is 0 Å². The highest BCUT2D eigenvalue weighted by molar-refractivity contribution is 6.68. The summed E-state index contributed by atoms with van der Waals surface area (Å²) in [5.74, 6) is -0.421. The van der Waals surface area contributed by atoms with Crippen LogP contribution in [-0.2, 0) is 4.74 Å². The Morgan fingerprint density at radius 3 is 2.29 bits per heavy atom. The molecule has 0 aromatic heterocycles. The van der Waals surface area contributed by atoms with Crippen molar-refractivity contribution in [3.63, 3.8) is 0 Å². The molecule has 0 aliphatic heterocycles. The minimum absolute atomic E-state index is 0.421. The largest absolute Gasteiger partial charge is 0.453 e. The molecule has 0 saturated carbocycles. The molecular formula is C10H9Cl3FNO2. The summed E-state index contributed by atoms with van der Waals surface area (Å²) in [7, 11) is 1.19. The maximum atomic E-state index is 12.8. The van der Waals surface area contributed by atoms with Crippen LogP contribution >= 0.6 is 34.8 Å². The zero-order valence-electron chi connectivity index (χ0n) is 8.72. The quantitative estimate of drug-likeness (QED) is 0.848. The van der Waals surface area contributed by atoms with E-state index in [2.05, 4.69) is 10.1 Å². The number of ether oxygens (including phenoxy) is 1. The van der Waals surface area contributed by atoms with Crippen LogP contribution in [0.2, 0.25) is 0 Å². The Morgan fingerprint density at radius 2 is 1.88 bits per heavy atom. The van der Waals surface area contributed by atoms with Crippen LogP contribution in [0.4, 0.5) is 9.18 Å². The molecular weight excluding hydrogens is 291 g/mol. The third kappa shape index (κ3) is 4.22. The van der Waals surface area contributed by atoms with Gasteiger partial charge in [0.05, 0.1) is 7.11 Å². The van der Waals surface area contributed by atoms with Gasteiger partial charge in [-0.25, -0.2) is 9.18 Å². The minimum Gasteiger partial charge on any atom is -0.453 e. The van der Waals surface area contributed by atoms with Crippen molar-refractivity contribution >= 4 is 40.9 Å². The molecule has 0 fully saturated rings. The fourth-order valence-electron chi connectivity index (χ4n) is 1.19. The Bertz CT molecular complexity index is 392. The van der Waals surface area contributed by atoms with E-state index in [0.717, 1.165) is 0 Å². The number of nitrogens with one attached hydrogen (secondary N) is 1. The minimum atomic E-state index is -1.77. The summed E-state index contributed by atoms with van der Waals surface area (Å²) in [6, 6.07) is 4.31. The van der Waals surface area contributed by atoms with Crippen LogP contribution in [0.15, 0.2) is 24.3 Å². The molecule has 0 bridgehead atoms. The lowest BCUT2D eigenvalue weighted by molar-refractivity contribution is 0.166. The van der Waals surface area contributed by atoms with Crippen molar-refractivity contribution in [3.8, 4) is 0 Å². The molecule has 1 atom stereocenters. The number of halogens is 4. The van der Waals surface area contributed by atoms with E-state index in [1.54, 1.807) is 0 Å². The maximum absolute atomic E-state index is 12.8. The predicted octanol–water partition coefficient (Wildman–Crippen LogP) is 3.59. The first kappa shape index (κ1) is 14.4. The molecule has 1 aromatic rings. The van der Waals surface area contributed by atoms with Gasteiger partial charge in [0, 0.05) is 0 Å². The number of benzene rings is 1. The van der Waals surface area contributed by atoms with Gasteiger partial charge in [-0.05, 0) is 17.7 Å². The van der Waals surface area contributed by atoms with E-state index >= 15 is 0 Å². The molecule has 0 aliphatic carbocycles. The zero-order valence-corrected chi connectivity index (χ0v) is 11.0. The lowest BCUT2D eigenvalue weighted by Crippen LogP contribution is -2.36. The smallest absolute Gasteiger partial charge is 0.407 e. The van der Waals surface area contributed by atoms with Gasteiger partial charge in [-0.2, -0.15) is 0 Å². The molecule has 1 aromatic carbocycles. The van der Waals surface area contributed by atoms with E-state index in [1.807, 2.05) is 0 Å². The number of hydrogen-bond acceptors (Lipinski definition) is 2. The van der Waals surface area contributed by atoms with Gasteiger partial charge in [0.2, 0.25) is 3.79 Å². The summed E-state index contributed by atoms with van der Waals surface area (Å²) < 4.78 is 15.4. The second-order valence-electron chi connectivity index (χ2n) is 3.16. The van der Waals surface area contributed by atoms with Crippen molar-refractivity contribution in [1.29, 1.82) is 0 Å². The summed E-state index contributed by atoms with van der Waals surface area (Å²) in [6.07, 6.45) is -0.745. The highest BCUT2D eigenvalue weighted by atomic mass is 35.6. The number of alkyl halides is 3. The molecule has 0 aliphatic rings. The third-order valence-corrected chi connectivity index (χ3v) is 2.63. The van der Waals surface area contributed by atoms with Crippen LogP contribution in [-0.4, -0.2) is 17.0 Å². The Kier molecular flexibility index (Phi) is 4.86. The van der Waals surface area contributed by atoms with Crippen molar-refractivity contribution < 1.29 is 13.9 Å². The molecule has 0 radical (unpaired) electrons. The van der Waals surface area contributed by atoms with Gasteiger partial charge >= 0.3 is 6.09 Å². The van der Waals surface area contributed by atoms with Crippen LogP contribution in [0.1, 0.15) is 11.6 Å². The number of alkyl carbamates (subject to hydrolysis) is 1. The van der Waals surface area contributed by atoms with Crippen molar-refractivity contribution in [1.82, 2.24) is 5.32 Å². The molecule has 0 heterocycles. The highest BCUT2D eigenvalue weighted by Gasteiger charge is 2.35. The molecule has 94 valence electrons. The number of methoxy groups -OCH3 is 1. The predicted molar refractivity (Wildman–Crippen MR) is 65.0 cm³/mol. The summed E-state index contributed by atoms with van der Waals surface area (Å²) in [6.45, 7) is 0. The van der Waals surface area contributed by atoms with E-state index in [9.17, 15) is 9.18 Å². The van der Waals surface area contributed by atoms with Crippen LogP contribution in [0, 0.1) is 5.82 Å². The summed E-state index contributed by atoms with van der Waals surface area (Å²) in [5.41, 5.74) is 0.455. The van der Waals surface area contributed by atoms with Crippen molar-refractivity contribution in [2.75, 3.05) is 7.11 Å². The zero-order chi connectivity index (χ0) is 13.1. The highest BCUT2D eigenvalue weighted by Crippen LogP contribution is 2.39. The Balaban J connectivity index is 2.98. The number of rotatable bonds is 2. The SMILES string of the molecule is COC(=O)N[C@@H](c1ccc(F)cc1)C(Cl)(Cl)Cl. The van der Waals surface area contributed by atoms with Gasteiger partial charge in [0.1, 0.15) is 11.9 Å². The van der Waals surface area contributed by atoms with Gasteiger partial charge < -0.3 is 10.1 Å². The first-order valence-electron chi connectivity index (χ1n) is 4.51. The molecule has 1 rings (SSSR count). The van der Waals surface area contributed by atoms with E-state index in [-0.39, 0.29) is 0 Å². The molecule has 0 spiro atoms. The first-order chi connectivity index (χ1) is 7.84. The number of carbonyl (C=O) groups excluding carboxylic acids is 1. The fraction of sp³-hybridized carbons (Fsp3) is 0.300. The van der Waals surface area contributed by atoms with E-state index in [1.165, 1.54) is 31.4 Å². The van der Waals surface area contributed by atoms with Crippen LogP contribution < -0.4 is 5.32 Å². The van der Waals surface area contributed by atoms with Crippen molar-refractivity contribution in [3.05, 3.63) is 35.6 Å². The molecule has 1 N–H and O–H groups in total. The number of hydrogen-bond donors (Lipinski definition) is 1. The van der Waals surface area contributed by atoms with Gasteiger partial charge in [-0.15, -0.1) is 0 Å². The third-order valence-electron chi connectivity index (χ3n) is 1.98. The van der Waals surface area contributed by atoms with E-state index in [0.29, 0.717) is 5.56 Å². The van der Waals surface area contributed by atoms with Crippen LogP contribution in [0.3, 0.4) is 0 Å². The molecule has 0 saturated heterocycles. The standard InChI is InChI=1S/C10H9Cl3FNO2/c1-17-9(16)15-8(10(11,12)13)6-2-4-7(14)5-3-6/h2-5,8H,1H3,(H,15,16)/t8-/m0/s1.